The Morgan fingerprint density at radius 3 is 2.62 bits per heavy atom. The lowest BCUT2D eigenvalue weighted by molar-refractivity contribution is -0.116. The molecule has 0 amide bonds. The number of hydrogen-bond acceptors (Lipinski definition) is 2. The van der Waals surface area contributed by atoms with Crippen molar-refractivity contribution in [2.24, 2.45) is 0 Å². The molecule has 0 heterocycles. The Balaban J connectivity index is 3.06. The first kappa shape index (κ1) is 10.1. The molecule has 0 atom stereocenters. The minimum Gasteiger partial charge on any atom is -0.508 e. The maximum atomic E-state index is 10.8. The fourth-order valence-corrected chi connectivity index (χ4v) is 1.35. The third-order valence-electron chi connectivity index (χ3n) is 1.83. The van der Waals surface area contributed by atoms with Crippen LogP contribution in [0.4, 0.5) is 0 Å². The van der Waals surface area contributed by atoms with Crippen LogP contribution in [0.2, 0.25) is 5.02 Å². The maximum absolute atomic E-state index is 10.8. The van der Waals surface area contributed by atoms with E-state index in [-0.39, 0.29) is 11.5 Å². The van der Waals surface area contributed by atoms with E-state index < -0.39 is 0 Å². The summed E-state index contributed by atoms with van der Waals surface area (Å²) < 4.78 is 0. The van der Waals surface area contributed by atoms with Gasteiger partial charge < -0.3 is 5.11 Å². The van der Waals surface area contributed by atoms with Gasteiger partial charge in [0.25, 0.3) is 0 Å². The summed E-state index contributed by atoms with van der Waals surface area (Å²) in [6.07, 6.45) is 0.313. The Labute approximate surface area is 82.2 Å². The van der Waals surface area contributed by atoms with Crippen LogP contribution in [-0.2, 0) is 11.2 Å². The van der Waals surface area contributed by atoms with Gasteiger partial charge in [-0.1, -0.05) is 11.6 Å². The first-order valence-electron chi connectivity index (χ1n) is 3.98. The molecule has 1 N–H and O–H groups in total. The number of aromatic hydroxyl groups is 1. The Hall–Kier alpha value is -1.02. The maximum Gasteiger partial charge on any atom is 0.134 e. The van der Waals surface area contributed by atoms with Crippen LogP contribution in [0.15, 0.2) is 12.1 Å². The normalized spacial score (nSPS) is 10.1. The van der Waals surface area contributed by atoms with Crippen molar-refractivity contribution >= 4 is 17.4 Å². The second-order valence-electron chi connectivity index (χ2n) is 3.10. The van der Waals surface area contributed by atoms with Gasteiger partial charge in [-0.15, -0.1) is 0 Å². The monoisotopic (exact) mass is 198 g/mol. The van der Waals surface area contributed by atoms with Crippen LogP contribution in [0.5, 0.6) is 5.75 Å². The standard InChI is InChI=1S/C10H11ClO2/c1-6(12)3-8-4-9(11)7(2)10(13)5-8/h4-5,13H,3H2,1-2H3. The summed E-state index contributed by atoms with van der Waals surface area (Å²) in [6, 6.07) is 3.28. The smallest absolute Gasteiger partial charge is 0.134 e. The highest BCUT2D eigenvalue weighted by Gasteiger charge is 2.05. The van der Waals surface area contributed by atoms with E-state index in [9.17, 15) is 9.90 Å². The van der Waals surface area contributed by atoms with Crippen LogP contribution >= 0.6 is 11.6 Å². The molecule has 0 aromatic heterocycles. The van der Waals surface area contributed by atoms with Crippen molar-refractivity contribution in [3.05, 3.63) is 28.3 Å². The number of rotatable bonds is 2. The van der Waals surface area contributed by atoms with E-state index in [4.69, 9.17) is 11.6 Å². The summed E-state index contributed by atoms with van der Waals surface area (Å²) >= 11 is 5.83. The lowest BCUT2D eigenvalue weighted by Gasteiger charge is -2.04. The summed E-state index contributed by atoms with van der Waals surface area (Å²) in [6.45, 7) is 3.24. The molecular weight excluding hydrogens is 188 g/mol. The number of ketones is 1. The van der Waals surface area contributed by atoms with E-state index in [1.165, 1.54) is 6.92 Å². The second kappa shape index (κ2) is 3.79. The molecule has 0 bridgehead atoms. The first-order valence-corrected chi connectivity index (χ1v) is 4.36. The van der Waals surface area contributed by atoms with E-state index >= 15 is 0 Å². The number of benzene rings is 1. The van der Waals surface area contributed by atoms with Gasteiger partial charge in [0.15, 0.2) is 0 Å². The van der Waals surface area contributed by atoms with Gasteiger partial charge in [-0.3, -0.25) is 4.79 Å². The van der Waals surface area contributed by atoms with Crippen molar-refractivity contribution in [1.29, 1.82) is 0 Å². The fraction of sp³-hybridized carbons (Fsp3) is 0.300. The molecule has 1 aromatic rings. The average Bonchev–Trinajstić information content (AvgIpc) is 1.98. The van der Waals surface area contributed by atoms with Gasteiger partial charge >= 0.3 is 0 Å². The minimum atomic E-state index is 0.0549. The molecule has 3 heteroatoms. The third-order valence-corrected chi connectivity index (χ3v) is 2.22. The van der Waals surface area contributed by atoms with Gasteiger partial charge in [-0.25, -0.2) is 0 Å². The van der Waals surface area contributed by atoms with Crippen molar-refractivity contribution in [3.8, 4) is 5.75 Å². The number of carbonyl (C=O) groups is 1. The predicted molar refractivity (Wildman–Crippen MR) is 52.2 cm³/mol. The fourth-order valence-electron chi connectivity index (χ4n) is 1.11. The molecule has 0 spiro atoms. The summed E-state index contributed by atoms with van der Waals surface area (Å²) in [5, 5.41) is 9.89. The SMILES string of the molecule is CC(=O)Cc1cc(O)c(C)c(Cl)c1. The molecule has 1 rings (SSSR count). The summed E-state index contributed by atoms with van der Waals surface area (Å²) in [5.41, 5.74) is 1.40. The van der Waals surface area contributed by atoms with E-state index in [1.807, 2.05) is 0 Å². The molecule has 0 saturated carbocycles. The zero-order chi connectivity index (χ0) is 10.0. The van der Waals surface area contributed by atoms with E-state index in [0.717, 1.165) is 5.56 Å². The van der Waals surface area contributed by atoms with Gasteiger partial charge in [0.2, 0.25) is 0 Å². The number of carbonyl (C=O) groups excluding carboxylic acids is 1. The Bertz CT molecular complexity index is 322. The lowest BCUT2D eigenvalue weighted by atomic mass is 10.1. The topological polar surface area (TPSA) is 37.3 Å². The molecule has 1 aromatic carbocycles. The zero-order valence-electron chi connectivity index (χ0n) is 7.60. The molecule has 0 unspecified atom stereocenters. The van der Waals surface area contributed by atoms with Gasteiger partial charge in [0.1, 0.15) is 11.5 Å². The number of Topliss-reactive ketones (excluding diaryl/α,β-unsaturated/α-hetero) is 1. The second-order valence-corrected chi connectivity index (χ2v) is 3.51. The van der Waals surface area contributed by atoms with Crippen LogP contribution in [0.25, 0.3) is 0 Å². The summed E-state index contributed by atoms with van der Waals surface area (Å²) in [4.78, 5) is 10.8. The number of hydrogen-bond donors (Lipinski definition) is 1. The van der Waals surface area contributed by atoms with Crippen molar-refractivity contribution in [2.45, 2.75) is 20.3 Å². The van der Waals surface area contributed by atoms with Crippen LogP contribution < -0.4 is 0 Å². The molecule has 0 saturated heterocycles. The predicted octanol–water partition coefficient (Wildman–Crippen LogP) is 2.49. The highest BCUT2D eigenvalue weighted by molar-refractivity contribution is 6.31. The minimum absolute atomic E-state index is 0.0549. The molecule has 0 aliphatic heterocycles. The van der Waals surface area contributed by atoms with Gasteiger partial charge in [0, 0.05) is 17.0 Å². The molecule has 0 aliphatic rings. The quantitative estimate of drug-likeness (QED) is 0.793. The van der Waals surface area contributed by atoms with Gasteiger partial charge in [0.05, 0.1) is 0 Å². The Kier molecular flexibility index (Phi) is 2.94. The largest absolute Gasteiger partial charge is 0.508 e. The Morgan fingerprint density at radius 1 is 1.54 bits per heavy atom. The summed E-state index contributed by atoms with van der Waals surface area (Å²) in [7, 11) is 0. The molecule has 2 nitrogen and oxygen atoms in total. The van der Waals surface area contributed by atoms with E-state index in [1.54, 1.807) is 19.1 Å². The molecule has 70 valence electrons. The number of phenolic OH excluding ortho intramolecular Hbond substituents is 1. The van der Waals surface area contributed by atoms with Crippen LogP contribution in [0, 0.1) is 6.92 Å². The molecular formula is C10H11ClO2. The molecule has 0 aliphatic carbocycles. The lowest BCUT2D eigenvalue weighted by Crippen LogP contribution is -1.96. The average molecular weight is 199 g/mol. The van der Waals surface area contributed by atoms with Crippen molar-refractivity contribution in [1.82, 2.24) is 0 Å². The molecule has 0 fully saturated rings. The van der Waals surface area contributed by atoms with E-state index in [2.05, 4.69) is 0 Å². The van der Waals surface area contributed by atoms with Gasteiger partial charge in [-0.05, 0) is 31.5 Å². The molecule has 13 heavy (non-hydrogen) atoms. The first-order chi connectivity index (χ1) is 6.00. The van der Waals surface area contributed by atoms with Gasteiger partial charge in [-0.2, -0.15) is 0 Å². The van der Waals surface area contributed by atoms with Crippen LogP contribution in [-0.4, -0.2) is 10.9 Å². The number of halogens is 1. The van der Waals surface area contributed by atoms with E-state index in [0.29, 0.717) is 17.0 Å². The summed E-state index contributed by atoms with van der Waals surface area (Å²) in [5.74, 6) is 0.197. The van der Waals surface area contributed by atoms with Crippen molar-refractivity contribution in [3.63, 3.8) is 0 Å². The molecule has 0 radical (unpaired) electrons. The zero-order valence-corrected chi connectivity index (χ0v) is 8.35. The Morgan fingerprint density at radius 2 is 2.15 bits per heavy atom. The third kappa shape index (κ3) is 2.46. The number of phenols is 1. The highest BCUT2D eigenvalue weighted by Crippen LogP contribution is 2.26. The van der Waals surface area contributed by atoms with Crippen molar-refractivity contribution in [2.75, 3.05) is 0 Å². The van der Waals surface area contributed by atoms with Crippen LogP contribution in [0.3, 0.4) is 0 Å². The van der Waals surface area contributed by atoms with Crippen molar-refractivity contribution < 1.29 is 9.90 Å². The highest BCUT2D eigenvalue weighted by atomic mass is 35.5. The van der Waals surface area contributed by atoms with Crippen LogP contribution in [0.1, 0.15) is 18.1 Å².